The summed E-state index contributed by atoms with van der Waals surface area (Å²) in [6, 6.07) is 11.3. The zero-order valence-corrected chi connectivity index (χ0v) is 14.6. The third-order valence-corrected chi connectivity index (χ3v) is 4.76. The molecule has 3 aromatic rings. The van der Waals surface area contributed by atoms with Gasteiger partial charge in [-0.15, -0.1) is 0 Å². The second kappa shape index (κ2) is 7.00. The predicted molar refractivity (Wildman–Crippen MR) is 100 cm³/mol. The smallest absolute Gasteiger partial charge is 0.326 e. The lowest BCUT2D eigenvalue weighted by Crippen LogP contribution is -2.45. The van der Waals surface area contributed by atoms with Crippen molar-refractivity contribution in [2.24, 2.45) is 5.92 Å². The molecule has 0 aliphatic carbocycles. The van der Waals surface area contributed by atoms with Crippen LogP contribution in [0.5, 0.6) is 0 Å². The third-order valence-electron chi connectivity index (χ3n) is 4.76. The number of pyridine rings is 1. The molecule has 6 heteroatoms. The van der Waals surface area contributed by atoms with E-state index in [1.165, 1.54) is 0 Å². The normalized spacial score (nSPS) is 13.5. The number of aromatic nitrogens is 1. The van der Waals surface area contributed by atoms with E-state index in [1.54, 1.807) is 37.3 Å². The first-order valence-corrected chi connectivity index (χ1v) is 8.50. The molecule has 3 N–H and O–H groups in total. The van der Waals surface area contributed by atoms with Gasteiger partial charge in [0.05, 0.1) is 0 Å². The van der Waals surface area contributed by atoms with Gasteiger partial charge in [0, 0.05) is 21.9 Å². The lowest BCUT2D eigenvalue weighted by molar-refractivity contribution is -0.140. The molecule has 0 fully saturated rings. The average Bonchev–Trinajstić information content (AvgIpc) is 2.64. The average molecular weight is 352 g/mol. The molecule has 6 nitrogen and oxygen atoms in total. The maximum absolute atomic E-state index is 12.5. The summed E-state index contributed by atoms with van der Waals surface area (Å²) in [5.41, 5.74) is 0.614. The number of nitrogens with one attached hydrogen (secondary N) is 2. The molecule has 2 aromatic carbocycles. The fourth-order valence-electron chi connectivity index (χ4n) is 3.04. The number of H-pyrrole nitrogens is 1. The van der Waals surface area contributed by atoms with E-state index in [1.807, 2.05) is 19.1 Å². The Morgan fingerprint density at radius 3 is 2.46 bits per heavy atom. The highest BCUT2D eigenvalue weighted by molar-refractivity contribution is 6.07. The van der Waals surface area contributed by atoms with Crippen molar-refractivity contribution in [2.45, 2.75) is 26.3 Å². The van der Waals surface area contributed by atoms with E-state index in [0.29, 0.717) is 22.9 Å². The first-order valence-electron chi connectivity index (χ1n) is 8.50. The summed E-state index contributed by atoms with van der Waals surface area (Å²) in [4.78, 5) is 38.9. The number of hydrogen-bond donors (Lipinski definition) is 3. The number of carboxylic acids is 1. The maximum Gasteiger partial charge on any atom is 0.326 e. The number of hydrogen-bond acceptors (Lipinski definition) is 3. The van der Waals surface area contributed by atoms with Crippen LogP contribution in [0.15, 0.2) is 47.3 Å². The molecule has 1 amide bonds. The van der Waals surface area contributed by atoms with Crippen molar-refractivity contribution in [3.05, 3.63) is 58.4 Å². The number of aromatic amines is 1. The van der Waals surface area contributed by atoms with Crippen LogP contribution in [0.3, 0.4) is 0 Å². The molecular formula is C20H20N2O4. The van der Waals surface area contributed by atoms with Gasteiger partial charge in [0.25, 0.3) is 11.5 Å². The summed E-state index contributed by atoms with van der Waals surface area (Å²) >= 11 is 0. The van der Waals surface area contributed by atoms with Gasteiger partial charge in [-0.2, -0.15) is 0 Å². The van der Waals surface area contributed by atoms with Crippen LogP contribution in [-0.4, -0.2) is 28.0 Å². The Bertz CT molecular complexity index is 1050. The Labute approximate surface area is 149 Å². The van der Waals surface area contributed by atoms with Crippen LogP contribution in [0.1, 0.15) is 30.6 Å². The standard InChI is InChI=1S/C20H20N2O4/c1-3-11(2)17(20(25)26)22-18(23)12-8-9-14-13-6-4-5-7-15(13)19(24)21-16(14)10-12/h4-11,17H,3H2,1-2H3,(H,21,24)(H,22,23)(H,25,26). The molecule has 0 saturated heterocycles. The van der Waals surface area contributed by atoms with Crippen molar-refractivity contribution >= 4 is 33.6 Å². The van der Waals surface area contributed by atoms with Gasteiger partial charge in [0.2, 0.25) is 0 Å². The zero-order chi connectivity index (χ0) is 18.8. The molecule has 134 valence electrons. The predicted octanol–water partition coefficient (Wildman–Crippen LogP) is 2.91. The molecule has 26 heavy (non-hydrogen) atoms. The van der Waals surface area contributed by atoms with Crippen LogP contribution in [0.2, 0.25) is 0 Å². The van der Waals surface area contributed by atoms with E-state index >= 15 is 0 Å². The van der Waals surface area contributed by atoms with Gasteiger partial charge in [-0.25, -0.2) is 4.79 Å². The van der Waals surface area contributed by atoms with E-state index in [9.17, 15) is 19.5 Å². The van der Waals surface area contributed by atoms with Gasteiger partial charge in [0.1, 0.15) is 6.04 Å². The molecule has 0 radical (unpaired) electrons. The lowest BCUT2D eigenvalue weighted by atomic mass is 9.98. The van der Waals surface area contributed by atoms with Gasteiger partial charge < -0.3 is 15.4 Å². The molecular weight excluding hydrogens is 332 g/mol. The summed E-state index contributed by atoms with van der Waals surface area (Å²) in [6.07, 6.45) is 0.633. The first-order chi connectivity index (χ1) is 12.4. The number of fused-ring (bicyclic) bond motifs is 3. The minimum atomic E-state index is -1.06. The fourth-order valence-corrected chi connectivity index (χ4v) is 3.04. The van der Waals surface area contributed by atoms with Crippen LogP contribution in [0.4, 0.5) is 0 Å². The van der Waals surface area contributed by atoms with E-state index in [2.05, 4.69) is 10.3 Å². The number of carbonyl (C=O) groups is 2. The van der Waals surface area contributed by atoms with Gasteiger partial charge in [0.15, 0.2) is 0 Å². The van der Waals surface area contributed by atoms with Crippen LogP contribution in [0, 0.1) is 5.92 Å². The van der Waals surface area contributed by atoms with Crippen molar-refractivity contribution in [1.29, 1.82) is 0 Å². The van der Waals surface area contributed by atoms with Crippen molar-refractivity contribution < 1.29 is 14.7 Å². The molecule has 0 aliphatic rings. The second-order valence-corrected chi connectivity index (χ2v) is 6.43. The third kappa shape index (κ3) is 3.18. The molecule has 1 heterocycles. The van der Waals surface area contributed by atoms with Crippen molar-refractivity contribution in [3.8, 4) is 0 Å². The quantitative estimate of drug-likeness (QED) is 0.615. The van der Waals surface area contributed by atoms with Crippen molar-refractivity contribution in [2.75, 3.05) is 0 Å². The Hall–Kier alpha value is -3.15. The number of carbonyl (C=O) groups excluding carboxylic acids is 1. The summed E-state index contributed by atoms with van der Waals surface area (Å²) in [5, 5.41) is 14.1. The number of aliphatic carboxylic acids is 1. The monoisotopic (exact) mass is 352 g/mol. The Balaban J connectivity index is 2.01. The Kier molecular flexibility index (Phi) is 4.75. The summed E-state index contributed by atoms with van der Waals surface area (Å²) in [6.45, 7) is 3.65. The van der Waals surface area contributed by atoms with Crippen molar-refractivity contribution in [1.82, 2.24) is 10.3 Å². The number of carboxylic acid groups (broad SMARTS) is 1. The lowest BCUT2D eigenvalue weighted by Gasteiger charge is -2.20. The summed E-state index contributed by atoms with van der Waals surface area (Å²) in [5.74, 6) is -1.73. The molecule has 2 unspecified atom stereocenters. The van der Waals surface area contributed by atoms with Crippen molar-refractivity contribution in [3.63, 3.8) is 0 Å². The highest BCUT2D eigenvalue weighted by Gasteiger charge is 2.25. The molecule has 0 spiro atoms. The van der Waals surface area contributed by atoms with Crippen LogP contribution < -0.4 is 10.9 Å². The zero-order valence-electron chi connectivity index (χ0n) is 14.6. The molecule has 0 saturated carbocycles. The van der Waals surface area contributed by atoms with E-state index in [4.69, 9.17) is 0 Å². The van der Waals surface area contributed by atoms with E-state index in [-0.39, 0.29) is 11.5 Å². The molecule has 1 aromatic heterocycles. The highest BCUT2D eigenvalue weighted by Crippen LogP contribution is 2.22. The van der Waals surface area contributed by atoms with Gasteiger partial charge in [-0.05, 0) is 29.5 Å². The van der Waals surface area contributed by atoms with E-state index in [0.717, 1.165) is 10.8 Å². The van der Waals surface area contributed by atoms with Crippen LogP contribution in [-0.2, 0) is 4.79 Å². The highest BCUT2D eigenvalue weighted by atomic mass is 16.4. The summed E-state index contributed by atoms with van der Waals surface area (Å²) in [7, 11) is 0. The number of benzene rings is 2. The first kappa shape index (κ1) is 17.7. The summed E-state index contributed by atoms with van der Waals surface area (Å²) < 4.78 is 0. The topological polar surface area (TPSA) is 99.3 Å². The van der Waals surface area contributed by atoms with Crippen LogP contribution >= 0.6 is 0 Å². The molecule has 3 rings (SSSR count). The minimum absolute atomic E-state index is 0.194. The number of rotatable bonds is 5. The maximum atomic E-state index is 12.5. The van der Waals surface area contributed by atoms with E-state index < -0.39 is 17.9 Å². The number of amides is 1. The molecule has 0 bridgehead atoms. The Morgan fingerprint density at radius 1 is 1.12 bits per heavy atom. The molecule has 2 atom stereocenters. The SMILES string of the molecule is CCC(C)C(NC(=O)c1ccc2c(c1)[nH]c(=O)c1ccccc12)C(=O)O. The molecule has 0 aliphatic heterocycles. The second-order valence-electron chi connectivity index (χ2n) is 6.43. The fraction of sp³-hybridized carbons (Fsp3) is 0.250. The van der Waals surface area contributed by atoms with Gasteiger partial charge in [-0.1, -0.05) is 44.5 Å². The largest absolute Gasteiger partial charge is 0.480 e. The van der Waals surface area contributed by atoms with Gasteiger partial charge in [-0.3, -0.25) is 9.59 Å². The Morgan fingerprint density at radius 2 is 1.81 bits per heavy atom. The van der Waals surface area contributed by atoms with Crippen LogP contribution in [0.25, 0.3) is 21.7 Å². The minimum Gasteiger partial charge on any atom is -0.480 e. The van der Waals surface area contributed by atoms with Gasteiger partial charge >= 0.3 is 5.97 Å².